The number of hydrogen-bond donors (Lipinski definition) is 1. The van der Waals surface area contributed by atoms with Crippen molar-refractivity contribution in [2.24, 2.45) is 5.92 Å². The van der Waals surface area contributed by atoms with E-state index >= 15 is 0 Å². The minimum absolute atomic E-state index is 0.188. The molecule has 9 heavy (non-hydrogen) atoms. The molecule has 0 saturated carbocycles. The van der Waals surface area contributed by atoms with E-state index in [4.69, 9.17) is 0 Å². The van der Waals surface area contributed by atoms with Gasteiger partial charge in [0.25, 0.3) is 0 Å². The maximum atomic E-state index is 9.25. The maximum Gasteiger partial charge on any atom is 0.0600 e. The van der Waals surface area contributed by atoms with Crippen molar-refractivity contribution >= 4 is 0 Å². The Morgan fingerprint density at radius 1 is 1.44 bits per heavy atom. The highest BCUT2D eigenvalue weighted by Crippen LogP contribution is 2.11. The second-order valence-corrected chi connectivity index (χ2v) is 2.28. The second-order valence-electron chi connectivity index (χ2n) is 2.28. The monoisotopic (exact) mass is 128 g/mol. The van der Waals surface area contributed by atoms with Crippen LogP contribution in [0.3, 0.4) is 0 Å². The summed E-state index contributed by atoms with van der Waals surface area (Å²) in [5.41, 5.74) is 0. The highest BCUT2D eigenvalue weighted by atomic mass is 16.3. The first-order valence-electron chi connectivity index (χ1n) is 3.56. The van der Waals surface area contributed by atoms with Crippen LogP contribution in [0.2, 0.25) is 0 Å². The van der Waals surface area contributed by atoms with Gasteiger partial charge in [0.05, 0.1) is 6.10 Å². The van der Waals surface area contributed by atoms with Gasteiger partial charge in [0.2, 0.25) is 0 Å². The lowest BCUT2D eigenvalue weighted by atomic mass is 9.98. The van der Waals surface area contributed by atoms with Gasteiger partial charge in [0.1, 0.15) is 0 Å². The summed E-state index contributed by atoms with van der Waals surface area (Å²) in [6.07, 6.45) is 3.45. The van der Waals surface area contributed by atoms with Crippen LogP contribution in [0.1, 0.15) is 26.7 Å². The van der Waals surface area contributed by atoms with Gasteiger partial charge < -0.3 is 5.11 Å². The molecule has 2 atom stereocenters. The van der Waals surface area contributed by atoms with E-state index in [0.29, 0.717) is 0 Å². The third-order valence-electron chi connectivity index (χ3n) is 1.69. The molecule has 0 rings (SSSR count). The first-order valence-corrected chi connectivity index (χ1v) is 3.56. The normalized spacial score (nSPS) is 16.8. The molecule has 0 bridgehead atoms. The van der Waals surface area contributed by atoms with E-state index in [-0.39, 0.29) is 12.0 Å². The molecule has 0 aromatic carbocycles. The molecule has 0 amide bonds. The van der Waals surface area contributed by atoms with Gasteiger partial charge >= 0.3 is 0 Å². The van der Waals surface area contributed by atoms with Crippen LogP contribution < -0.4 is 0 Å². The summed E-state index contributed by atoms with van der Waals surface area (Å²) in [5, 5.41) is 9.25. The van der Waals surface area contributed by atoms with Crippen LogP contribution in [0.15, 0.2) is 12.7 Å². The van der Waals surface area contributed by atoms with E-state index < -0.39 is 0 Å². The summed E-state index contributed by atoms with van der Waals surface area (Å²) in [4.78, 5) is 0. The number of hydrogen-bond acceptors (Lipinski definition) is 1. The molecule has 1 nitrogen and oxygen atoms in total. The third kappa shape index (κ3) is 2.66. The van der Waals surface area contributed by atoms with Gasteiger partial charge in [0, 0.05) is 5.92 Å². The Morgan fingerprint density at radius 3 is 2.11 bits per heavy atom. The average Bonchev–Trinajstić information content (AvgIpc) is 1.90. The average molecular weight is 128 g/mol. The number of aliphatic hydroxyl groups excluding tert-OH is 1. The van der Waals surface area contributed by atoms with Gasteiger partial charge in [-0.15, -0.1) is 6.58 Å². The number of aliphatic hydroxyl groups is 1. The molecule has 1 heteroatoms. The summed E-state index contributed by atoms with van der Waals surface area (Å²) >= 11 is 0. The number of rotatable bonds is 4. The maximum absolute atomic E-state index is 9.25. The van der Waals surface area contributed by atoms with Crippen molar-refractivity contribution in [3.8, 4) is 0 Å². The zero-order valence-corrected chi connectivity index (χ0v) is 6.30. The van der Waals surface area contributed by atoms with Crippen molar-refractivity contribution in [3.63, 3.8) is 0 Å². The second kappa shape index (κ2) is 4.57. The summed E-state index contributed by atoms with van der Waals surface area (Å²) in [7, 11) is 0. The van der Waals surface area contributed by atoms with E-state index in [1.807, 2.05) is 13.0 Å². The van der Waals surface area contributed by atoms with Crippen LogP contribution in [0, 0.1) is 5.92 Å². The Morgan fingerprint density at radius 2 is 2.00 bits per heavy atom. The zero-order valence-electron chi connectivity index (χ0n) is 6.30. The SMILES string of the molecule is C=C[C@H](CC)[C@@H](O)CC. The Labute approximate surface area is 57.4 Å². The molecule has 0 radical (unpaired) electrons. The van der Waals surface area contributed by atoms with Crippen molar-refractivity contribution in [2.45, 2.75) is 32.8 Å². The van der Waals surface area contributed by atoms with Gasteiger partial charge in [-0.3, -0.25) is 0 Å². The minimum Gasteiger partial charge on any atom is -0.393 e. The van der Waals surface area contributed by atoms with Gasteiger partial charge in [0.15, 0.2) is 0 Å². The fourth-order valence-electron chi connectivity index (χ4n) is 0.899. The van der Waals surface area contributed by atoms with Crippen LogP contribution >= 0.6 is 0 Å². The van der Waals surface area contributed by atoms with Crippen LogP contribution in [0.4, 0.5) is 0 Å². The predicted octanol–water partition coefficient (Wildman–Crippen LogP) is 1.97. The topological polar surface area (TPSA) is 20.2 Å². The molecule has 0 fully saturated rings. The van der Waals surface area contributed by atoms with E-state index in [1.54, 1.807) is 0 Å². The first kappa shape index (κ1) is 8.70. The van der Waals surface area contributed by atoms with Gasteiger partial charge in [-0.25, -0.2) is 0 Å². The molecule has 0 saturated heterocycles. The summed E-state index contributed by atoms with van der Waals surface area (Å²) in [6, 6.07) is 0. The minimum atomic E-state index is -0.188. The summed E-state index contributed by atoms with van der Waals surface area (Å²) in [6.45, 7) is 7.68. The Hall–Kier alpha value is -0.300. The lowest BCUT2D eigenvalue weighted by Crippen LogP contribution is -2.15. The Kier molecular flexibility index (Phi) is 4.41. The molecule has 0 aliphatic carbocycles. The lowest BCUT2D eigenvalue weighted by molar-refractivity contribution is 0.124. The van der Waals surface area contributed by atoms with Gasteiger partial charge in [-0.05, 0) is 12.8 Å². The predicted molar refractivity (Wildman–Crippen MR) is 40.3 cm³/mol. The van der Waals surface area contributed by atoms with Crippen molar-refractivity contribution in [3.05, 3.63) is 12.7 Å². The molecular weight excluding hydrogens is 112 g/mol. The molecule has 54 valence electrons. The molecule has 0 heterocycles. The Balaban J connectivity index is 3.63. The zero-order chi connectivity index (χ0) is 7.28. The largest absolute Gasteiger partial charge is 0.393 e. The lowest BCUT2D eigenvalue weighted by Gasteiger charge is -2.14. The smallest absolute Gasteiger partial charge is 0.0600 e. The standard InChI is InChI=1S/C8H16O/c1-4-7(5-2)8(9)6-3/h4,7-9H,1,5-6H2,2-3H3/t7-,8+/m1/s1. The molecule has 0 aliphatic heterocycles. The molecule has 0 unspecified atom stereocenters. The molecule has 1 N–H and O–H groups in total. The van der Waals surface area contributed by atoms with Crippen molar-refractivity contribution in [1.82, 2.24) is 0 Å². The van der Waals surface area contributed by atoms with Crippen molar-refractivity contribution in [2.75, 3.05) is 0 Å². The third-order valence-corrected chi connectivity index (χ3v) is 1.69. The summed E-state index contributed by atoms with van der Waals surface area (Å²) < 4.78 is 0. The highest BCUT2D eigenvalue weighted by Gasteiger charge is 2.09. The Bertz CT molecular complexity index is 78.6. The van der Waals surface area contributed by atoms with E-state index in [0.717, 1.165) is 12.8 Å². The molecular formula is C8H16O. The van der Waals surface area contributed by atoms with Crippen LogP contribution in [-0.4, -0.2) is 11.2 Å². The van der Waals surface area contributed by atoms with Crippen LogP contribution in [-0.2, 0) is 0 Å². The van der Waals surface area contributed by atoms with Gasteiger partial charge in [-0.1, -0.05) is 19.9 Å². The quantitative estimate of drug-likeness (QED) is 0.574. The van der Waals surface area contributed by atoms with Crippen molar-refractivity contribution < 1.29 is 5.11 Å². The van der Waals surface area contributed by atoms with E-state index in [9.17, 15) is 5.11 Å². The van der Waals surface area contributed by atoms with E-state index in [2.05, 4.69) is 13.5 Å². The molecule has 0 aromatic heterocycles. The molecule has 0 spiro atoms. The van der Waals surface area contributed by atoms with Crippen LogP contribution in [0.25, 0.3) is 0 Å². The summed E-state index contributed by atoms with van der Waals surface area (Å²) in [5.74, 6) is 0.287. The van der Waals surface area contributed by atoms with Crippen LogP contribution in [0.5, 0.6) is 0 Å². The van der Waals surface area contributed by atoms with E-state index in [1.165, 1.54) is 0 Å². The first-order chi connectivity index (χ1) is 4.26. The van der Waals surface area contributed by atoms with Crippen molar-refractivity contribution in [1.29, 1.82) is 0 Å². The fourth-order valence-corrected chi connectivity index (χ4v) is 0.899. The highest BCUT2D eigenvalue weighted by molar-refractivity contribution is 4.82. The molecule has 0 aromatic rings. The molecule has 0 aliphatic rings. The van der Waals surface area contributed by atoms with Gasteiger partial charge in [-0.2, -0.15) is 0 Å². The fraction of sp³-hybridized carbons (Fsp3) is 0.750.